The van der Waals surface area contributed by atoms with Gasteiger partial charge in [-0.1, -0.05) is 24.3 Å². The molecule has 0 saturated carbocycles. The Balaban J connectivity index is 2.63. The van der Waals surface area contributed by atoms with Crippen molar-refractivity contribution in [2.75, 3.05) is 6.61 Å². The predicted octanol–water partition coefficient (Wildman–Crippen LogP) is 1.67. The minimum Gasteiger partial charge on any atom is -0.384 e. The van der Waals surface area contributed by atoms with Crippen LogP contribution >= 0.6 is 0 Å². The van der Waals surface area contributed by atoms with E-state index in [0.29, 0.717) is 13.2 Å². The van der Waals surface area contributed by atoms with Crippen LogP contribution in [0.5, 0.6) is 0 Å². The molecule has 0 fully saturated rings. The summed E-state index contributed by atoms with van der Waals surface area (Å²) in [5.74, 6) is 0.0792. The summed E-state index contributed by atoms with van der Waals surface area (Å²) in [6.07, 6.45) is 1.70. The third-order valence-corrected chi connectivity index (χ3v) is 1.74. The van der Waals surface area contributed by atoms with Crippen molar-refractivity contribution in [3.05, 3.63) is 48.0 Å². The van der Waals surface area contributed by atoms with Crippen LogP contribution in [-0.2, 0) is 11.3 Å². The highest BCUT2D eigenvalue weighted by atomic mass is 16.5. The zero-order valence-electron chi connectivity index (χ0n) is 7.99. The molecule has 3 N–H and O–H groups in total. The zero-order valence-corrected chi connectivity index (χ0v) is 7.99. The number of amidine groups is 1. The molecule has 14 heavy (non-hydrogen) atoms. The molecule has 0 unspecified atom stereocenters. The molecule has 0 spiro atoms. The Morgan fingerprint density at radius 1 is 1.57 bits per heavy atom. The van der Waals surface area contributed by atoms with E-state index in [2.05, 4.69) is 6.58 Å². The maximum atomic E-state index is 7.27. The van der Waals surface area contributed by atoms with Gasteiger partial charge in [-0.15, -0.1) is 6.58 Å². The maximum Gasteiger partial charge on any atom is 0.122 e. The fourth-order valence-corrected chi connectivity index (χ4v) is 1.09. The van der Waals surface area contributed by atoms with Crippen molar-refractivity contribution in [1.82, 2.24) is 0 Å². The molecular weight excluding hydrogens is 176 g/mol. The molecule has 0 aliphatic heterocycles. The first kappa shape index (κ1) is 10.5. The van der Waals surface area contributed by atoms with E-state index in [1.807, 2.05) is 18.2 Å². The lowest BCUT2D eigenvalue weighted by atomic mass is 10.1. The maximum absolute atomic E-state index is 7.27. The van der Waals surface area contributed by atoms with Gasteiger partial charge in [-0.05, 0) is 11.6 Å². The lowest BCUT2D eigenvalue weighted by Crippen LogP contribution is -2.11. The van der Waals surface area contributed by atoms with E-state index in [-0.39, 0.29) is 5.84 Å². The Morgan fingerprint density at radius 2 is 2.36 bits per heavy atom. The fourth-order valence-electron chi connectivity index (χ4n) is 1.09. The van der Waals surface area contributed by atoms with Crippen molar-refractivity contribution >= 4 is 5.84 Å². The predicted molar refractivity (Wildman–Crippen MR) is 57.3 cm³/mol. The van der Waals surface area contributed by atoms with E-state index in [1.54, 1.807) is 12.1 Å². The molecule has 0 bridgehead atoms. The Kier molecular flexibility index (Phi) is 3.88. The van der Waals surface area contributed by atoms with Crippen molar-refractivity contribution in [3.8, 4) is 0 Å². The molecule has 0 amide bonds. The van der Waals surface area contributed by atoms with Crippen LogP contribution in [0.25, 0.3) is 0 Å². The molecule has 0 aliphatic carbocycles. The number of hydrogen-bond acceptors (Lipinski definition) is 2. The van der Waals surface area contributed by atoms with E-state index >= 15 is 0 Å². The second-order valence-electron chi connectivity index (χ2n) is 2.92. The summed E-state index contributed by atoms with van der Waals surface area (Å²) < 4.78 is 5.27. The molecule has 0 atom stereocenters. The lowest BCUT2D eigenvalue weighted by molar-refractivity contribution is 0.149. The van der Waals surface area contributed by atoms with Gasteiger partial charge in [0.05, 0.1) is 13.2 Å². The number of nitrogens with two attached hydrogens (primary N) is 1. The first-order chi connectivity index (χ1) is 6.74. The first-order valence-corrected chi connectivity index (χ1v) is 4.36. The van der Waals surface area contributed by atoms with Crippen LogP contribution in [0.15, 0.2) is 36.9 Å². The first-order valence-electron chi connectivity index (χ1n) is 4.36. The van der Waals surface area contributed by atoms with Crippen molar-refractivity contribution in [1.29, 1.82) is 5.41 Å². The largest absolute Gasteiger partial charge is 0.384 e. The minimum absolute atomic E-state index is 0.0792. The monoisotopic (exact) mass is 190 g/mol. The van der Waals surface area contributed by atoms with Crippen LogP contribution in [0.4, 0.5) is 0 Å². The van der Waals surface area contributed by atoms with E-state index < -0.39 is 0 Å². The summed E-state index contributed by atoms with van der Waals surface area (Å²) in [6, 6.07) is 7.46. The molecule has 0 heterocycles. The van der Waals surface area contributed by atoms with Crippen LogP contribution in [0.3, 0.4) is 0 Å². The standard InChI is InChI=1S/C11H14N2O/c1-2-6-14-8-9-4-3-5-10(7-9)11(12)13/h2-5,7H,1,6,8H2,(H3,12,13). The number of hydrogen-bond donors (Lipinski definition) is 2. The number of rotatable bonds is 5. The molecular formula is C11H14N2O. The van der Waals surface area contributed by atoms with Crippen molar-refractivity contribution in [3.63, 3.8) is 0 Å². The van der Waals surface area contributed by atoms with E-state index in [9.17, 15) is 0 Å². The Bertz CT molecular complexity index is 334. The molecule has 0 radical (unpaired) electrons. The summed E-state index contributed by atoms with van der Waals surface area (Å²) in [5.41, 5.74) is 7.10. The SMILES string of the molecule is C=CCOCc1cccc(C(=N)N)c1. The van der Waals surface area contributed by atoms with Crippen LogP contribution in [-0.4, -0.2) is 12.4 Å². The zero-order chi connectivity index (χ0) is 10.4. The smallest absolute Gasteiger partial charge is 0.122 e. The average molecular weight is 190 g/mol. The molecule has 0 saturated heterocycles. The molecule has 0 aromatic heterocycles. The van der Waals surface area contributed by atoms with Gasteiger partial charge in [0, 0.05) is 5.56 Å². The van der Waals surface area contributed by atoms with Gasteiger partial charge in [0.1, 0.15) is 5.84 Å². The molecule has 1 rings (SSSR count). The van der Waals surface area contributed by atoms with Crippen LogP contribution < -0.4 is 5.73 Å². The van der Waals surface area contributed by atoms with E-state index in [4.69, 9.17) is 15.9 Å². The summed E-state index contributed by atoms with van der Waals surface area (Å²) in [5, 5.41) is 7.27. The lowest BCUT2D eigenvalue weighted by Gasteiger charge is -2.03. The number of ether oxygens (including phenoxy) is 1. The van der Waals surface area contributed by atoms with Crippen molar-refractivity contribution in [2.24, 2.45) is 5.73 Å². The van der Waals surface area contributed by atoms with Gasteiger partial charge in [-0.3, -0.25) is 5.41 Å². The second kappa shape index (κ2) is 5.19. The van der Waals surface area contributed by atoms with Gasteiger partial charge in [0.25, 0.3) is 0 Å². The summed E-state index contributed by atoms with van der Waals surface area (Å²) in [4.78, 5) is 0. The topological polar surface area (TPSA) is 59.1 Å². The fraction of sp³-hybridized carbons (Fsp3) is 0.182. The van der Waals surface area contributed by atoms with Crippen molar-refractivity contribution in [2.45, 2.75) is 6.61 Å². The molecule has 3 nitrogen and oxygen atoms in total. The highest BCUT2D eigenvalue weighted by Gasteiger charge is 1.97. The highest BCUT2D eigenvalue weighted by molar-refractivity contribution is 5.95. The minimum atomic E-state index is 0.0792. The third kappa shape index (κ3) is 3.03. The van der Waals surface area contributed by atoms with Gasteiger partial charge in [0.2, 0.25) is 0 Å². The van der Waals surface area contributed by atoms with Gasteiger partial charge in [-0.2, -0.15) is 0 Å². The summed E-state index contributed by atoms with van der Waals surface area (Å²) >= 11 is 0. The number of nitrogens with one attached hydrogen (secondary N) is 1. The summed E-state index contributed by atoms with van der Waals surface area (Å²) in [7, 11) is 0. The normalized spacial score (nSPS) is 9.71. The van der Waals surface area contributed by atoms with Crippen LogP contribution in [0, 0.1) is 5.41 Å². The third-order valence-electron chi connectivity index (χ3n) is 1.74. The van der Waals surface area contributed by atoms with Crippen molar-refractivity contribution < 1.29 is 4.74 Å². The van der Waals surface area contributed by atoms with E-state index in [0.717, 1.165) is 11.1 Å². The Morgan fingerprint density at radius 3 is 3.00 bits per heavy atom. The molecule has 3 heteroatoms. The molecule has 0 aliphatic rings. The summed E-state index contributed by atoms with van der Waals surface area (Å²) in [6.45, 7) is 4.61. The number of nitrogen functional groups attached to an aromatic ring is 1. The Labute approximate surface area is 83.7 Å². The molecule has 1 aromatic rings. The quantitative estimate of drug-likeness (QED) is 0.321. The van der Waals surface area contributed by atoms with Crippen LogP contribution in [0.2, 0.25) is 0 Å². The molecule has 1 aromatic carbocycles. The van der Waals surface area contributed by atoms with E-state index in [1.165, 1.54) is 0 Å². The van der Waals surface area contributed by atoms with Gasteiger partial charge < -0.3 is 10.5 Å². The average Bonchev–Trinajstić information content (AvgIpc) is 2.19. The Hall–Kier alpha value is -1.61. The molecule has 74 valence electrons. The number of benzene rings is 1. The van der Waals surface area contributed by atoms with Gasteiger partial charge >= 0.3 is 0 Å². The highest BCUT2D eigenvalue weighted by Crippen LogP contribution is 2.05. The van der Waals surface area contributed by atoms with Gasteiger partial charge in [0.15, 0.2) is 0 Å². The second-order valence-corrected chi connectivity index (χ2v) is 2.92. The van der Waals surface area contributed by atoms with Crippen LogP contribution in [0.1, 0.15) is 11.1 Å². The van der Waals surface area contributed by atoms with Gasteiger partial charge in [-0.25, -0.2) is 0 Å².